The Morgan fingerprint density at radius 3 is 3.17 bits per heavy atom. The van der Waals surface area contributed by atoms with E-state index in [0.29, 0.717) is 6.61 Å². The molecule has 0 amide bonds. The van der Waals surface area contributed by atoms with Gasteiger partial charge in [0.2, 0.25) is 0 Å². The first-order chi connectivity index (χ1) is 5.81. The molecule has 0 radical (unpaired) electrons. The average molecular weight is 185 g/mol. The highest BCUT2D eigenvalue weighted by molar-refractivity contribution is 6.30. The van der Waals surface area contributed by atoms with Gasteiger partial charge in [-0.25, -0.2) is 0 Å². The fraction of sp³-hybridized carbons (Fsp3) is 0.333. The molecule has 0 saturated heterocycles. The van der Waals surface area contributed by atoms with Crippen LogP contribution >= 0.6 is 11.6 Å². The molecule has 1 aromatic carbocycles. The van der Waals surface area contributed by atoms with Crippen molar-refractivity contribution in [1.29, 1.82) is 0 Å². The van der Waals surface area contributed by atoms with Gasteiger partial charge in [0.1, 0.15) is 6.10 Å². The molecule has 3 heteroatoms. The Morgan fingerprint density at radius 1 is 1.58 bits per heavy atom. The van der Waals surface area contributed by atoms with Crippen molar-refractivity contribution in [2.45, 2.75) is 12.7 Å². The van der Waals surface area contributed by atoms with Crippen LogP contribution < -0.4 is 0 Å². The molecule has 1 heterocycles. The minimum atomic E-state index is -0.155. The maximum Gasteiger partial charge on any atom is 0.106 e. The molecule has 12 heavy (non-hydrogen) atoms. The van der Waals surface area contributed by atoms with Crippen LogP contribution in [0.25, 0.3) is 0 Å². The second kappa shape index (κ2) is 3.05. The Kier molecular flexibility index (Phi) is 2.05. The lowest BCUT2D eigenvalue weighted by molar-refractivity contribution is 0.0234. The number of benzene rings is 1. The molecule has 0 bridgehead atoms. The third-order valence-corrected chi connectivity index (χ3v) is 2.29. The number of aliphatic hydroxyl groups excluding tert-OH is 1. The van der Waals surface area contributed by atoms with Gasteiger partial charge in [-0.05, 0) is 23.3 Å². The number of fused-ring (bicyclic) bond motifs is 1. The van der Waals surface area contributed by atoms with Gasteiger partial charge < -0.3 is 9.84 Å². The van der Waals surface area contributed by atoms with Gasteiger partial charge in [0.25, 0.3) is 0 Å². The molecule has 0 spiro atoms. The first-order valence-electron chi connectivity index (χ1n) is 3.82. The summed E-state index contributed by atoms with van der Waals surface area (Å²) < 4.78 is 5.32. The lowest BCUT2D eigenvalue weighted by Gasteiger charge is -2.05. The van der Waals surface area contributed by atoms with Gasteiger partial charge in [0.15, 0.2) is 0 Å². The molecule has 0 aromatic heterocycles. The minimum absolute atomic E-state index is 0.0363. The van der Waals surface area contributed by atoms with E-state index in [1.54, 1.807) is 0 Å². The van der Waals surface area contributed by atoms with E-state index in [0.717, 1.165) is 16.1 Å². The Bertz CT molecular complexity index is 299. The molecule has 64 valence electrons. The highest BCUT2D eigenvalue weighted by Crippen LogP contribution is 2.31. The van der Waals surface area contributed by atoms with Crippen LogP contribution in [0.2, 0.25) is 5.02 Å². The summed E-state index contributed by atoms with van der Waals surface area (Å²) in [5.74, 6) is 0. The number of rotatable bonds is 1. The Balaban J connectivity index is 2.40. The average Bonchev–Trinajstić information content (AvgIpc) is 2.46. The SMILES string of the molecule is OCC1OCc2cc(Cl)ccc21. The van der Waals surface area contributed by atoms with Crippen LogP contribution in [0.1, 0.15) is 17.2 Å². The number of halogens is 1. The monoisotopic (exact) mass is 184 g/mol. The maximum atomic E-state index is 8.92. The summed E-state index contributed by atoms with van der Waals surface area (Å²) in [4.78, 5) is 0. The van der Waals surface area contributed by atoms with E-state index in [9.17, 15) is 0 Å². The second-order valence-electron chi connectivity index (χ2n) is 2.83. The quantitative estimate of drug-likeness (QED) is 0.723. The third-order valence-electron chi connectivity index (χ3n) is 2.06. The predicted octanol–water partition coefficient (Wildman–Crippen LogP) is 1.90. The molecule has 2 nitrogen and oxygen atoms in total. The number of hydrogen-bond acceptors (Lipinski definition) is 2. The van der Waals surface area contributed by atoms with E-state index in [1.807, 2.05) is 18.2 Å². The van der Waals surface area contributed by atoms with E-state index in [-0.39, 0.29) is 12.7 Å². The van der Waals surface area contributed by atoms with Crippen molar-refractivity contribution in [3.8, 4) is 0 Å². The van der Waals surface area contributed by atoms with Gasteiger partial charge in [0.05, 0.1) is 13.2 Å². The molecule has 1 aromatic rings. The summed E-state index contributed by atoms with van der Waals surface area (Å²) >= 11 is 5.80. The molecule has 2 rings (SSSR count). The van der Waals surface area contributed by atoms with E-state index in [1.165, 1.54) is 0 Å². The lowest BCUT2D eigenvalue weighted by Crippen LogP contribution is -2.00. The van der Waals surface area contributed by atoms with Gasteiger partial charge >= 0.3 is 0 Å². The van der Waals surface area contributed by atoms with Gasteiger partial charge in [-0.2, -0.15) is 0 Å². The Morgan fingerprint density at radius 2 is 2.42 bits per heavy atom. The topological polar surface area (TPSA) is 29.5 Å². The smallest absolute Gasteiger partial charge is 0.106 e. The summed E-state index contributed by atoms with van der Waals surface area (Å²) in [6, 6.07) is 5.61. The maximum absolute atomic E-state index is 8.92. The largest absolute Gasteiger partial charge is 0.393 e. The molecule has 0 aliphatic carbocycles. The Hall–Kier alpha value is -0.570. The zero-order valence-electron chi connectivity index (χ0n) is 6.46. The van der Waals surface area contributed by atoms with Crippen molar-refractivity contribution >= 4 is 11.6 Å². The van der Waals surface area contributed by atoms with Crippen molar-refractivity contribution in [3.63, 3.8) is 0 Å². The van der Waals surface area contributed by atoms with Crippen LogP contribution in [0, 0.1) is 0 Å². The summed E-state index contributed by atoms with van der Waals surface area (Å²) in [5, 5.41) is 9.64. The number of aliphatic hydroxyl groups is 1. The minimum Gasteiger partial charge on any atom is -0.393 e. The van der Waals surface area contributed by atoms with Crippen LogP contribution in [0.5, 0.6) is 0 Å². The summed E-state index contributed by atoms with van der Waals surface area (Å²) in [6.07, 6.45) is -0.155. The van der Waals surface area contributed by atoms with E-state index < -0.39 is 0 Å². The second-order valence-corrected chi connectivity index (χ2v) is 3.26. The molecule has 0 fully saturated rings. The van der Waals surface area contributed by atoms with Crippen LogP contribution in [0.4, 0.5) is 0 Å². The van der Waals surface area contributed by atoms with Crippen molar-refractivity contribution in [1.82, 2.24) is 0 Å². The van der Waals surface area contributed by atoms with Crippen LogP contribution in [-0.4, -0.2) is 11.7 Å². The van der Waals surface area contributed by atoms with Crippen LogP contribution in [0.3, 0.4) is 0 Å². The third kappa shape index (κ3) is 1.22. The molecule has 1 aliphatic rings. The molecule has 1 aliphatic heterocycles. The van der Waals surface area contributed by atoms with E-state index in [2.05, 4.69) is 0 Å². The predicted molar refractivity (Wildman–Crippen MR) is 46.1 cm³/mol. The molecule has 1 atom stereocenters. The molecule has 1 N–H and O–H groups in total. The van der Waals surface area contributed by atoms with Gasteiger partial charge in [-0.15, -0.1) is 0 Å². The highest BCUT2D eigenvalue weighted by Gasteiger charge is 2.21. The van der Waals surface area contributed by atoms with Crippen LogP contribution in [0.15, 0.2) is 18.2 Å². The van der Waals surface area contributed by atoms with Gasteiger partial charge in [0, 0.05) is 5.02 Å². The Labute approximate surface area is 75.7 Å². The first kappa shape index (κ1) is 8.05. The standard InChI is InChI=1S/C9H9ClO2/c10-7-1-2-8-6(3-7)5-12-9(8)4-11/h1-3,9,11H,4-5H2. The zero-order chi connectivity index (χ0) is 8.55. The normalized spacial score (nSPS) is 21.0. The van der Waals surface area contributed by atoms with Crippen molar-refractivity contribution in [2.24, 2.45) is 0 Å². The highest BCUT2D eigenvalue weighted by atomic mass is 35.5. The summed E-state index contributed by atoms with van der Waals surface area (Å²) in [6.45, 7) is 0.593. The van der Waals surface area contributed by atoms with Crippen LogP contribution in [-0.2, 0) is 11.3 Å². The first-order valence-corrected chi connectivity index (χ1v) is 4.20. The molecular formula is C9H9ClO2. The van der Waals surface area contributed by atoms with Gasteiger partial charge in [-0.3, -0.25) is 0 Å². The fourth-order valence-electron chi connectivity index (χ4n) is 1.44. The lowest BCUT2D eigenvalue weighted by atomic mass is 10.1. The van der Waals surface area contributed by atoms with Gasteiger partial charge in [-0.1, -0.05) is 17.7 Å². The van der Waals surface area contributed by atoms with E-state index >= 15 is 0 Å². The molecule has 1 unspecified atom stereocenters. The zero-order valence-corrected chi connectivity index (χ0v) is 7.21. The van der Waals surface area contributed by atoms with Crippen molar-refractivity contribution < 1.29 is 9.84 Å². The van der Waals surface area contributed by atoms with Crippen molar-refractivity contribution in [3.05, 3.63) is 34.3 Å². The number of ether oxygens (including phenoxy) is 1. The summed E-state index contributed by atoms with van der Waals surface area (Å²) in [7, 11) is 0. The molecular weight excluding hydrogens is 176 g/mol. The van der Waals surface area contributed by atoms with Crippen molar-refractivity contribution in [2.75, 3.05) is 6.61 Å². The number of hydrogen-bond donors (Lipinski definition) is 1. The van der Waals surface area contributed by atoms with E-state index in [4.69, 9.17) is 21.4 Å². The molecule has 0 saturated carbocycles. The summed E-state index contributed by atoms with van der Waals surface area (Å²) in [5.41, 5.74) is 2.14. The fourth-order valence-corrected chi connectivity index (χ4v) is 1.64.